The fraction of sp³-hybridized carbons (Fsp3) is 0.118. The van der Waals surface area contributed by atoms with Crippen LogP contribution in [0, 0.1) is 6.92 Å². The molecule has 0 fully saturated rings. The van der Waals surface area contributed by atoms with Crippen molar-refractivity contribution in [1.82, 2.24) is 9.71 Å². The van der Waals surface area contributed by atoms with Crippen molar-refractivity contribution in [3.63, 3.8) is 0 Å². The Labute approximate surface area is 140 Å². The second-order valence-electron chi connectivity index (χ2n) is 5.20. The summed E-state index contributed by atoms with van der Waals surface area (Å²) in [6, 6.07) is 14.5. The normalized spacial score (nSPS) is 11.7. The molecule has 6 heteroatoms. The van der Waals surface area contributed by atoms with Gasteiger partial charge in [0.2, 0.25) is 10.0 Å². The first-order valence-corrected chi connectivity index (χ1v) is 8.92. The highest BCUT2D eigenvalue weighted by atomic mass is 35.5. The predicted octanol–water partition coefficient (Wildman–Crippen LogP) is 3.68. The average Bonchev–Trinajstić information content (AvgIpc) is 2.52. The van der Waals surface area contributed by atoms with E-state index in [9.17, 15) is 8.42 Å². The Hall–Kier alpha value is -1.95. The number of rotatable bonds is 4. The maximum Gasteiger partial charge on any atom is 0.242 e. The molecule has 0 radical (unpaired) electrons. The van der Waals surface area contributed by atoms with Gasteiger partial charge >= 0.3 is 0 Å². The van der Waals surface area contributed by atoms with Crippen LogP contribution in [0.3, 0.4) is 0 Å². The topological polar surface area (TPSA) is 59.1 Å². The molecule has 0 aliphatic carbocycles. The summed E-state index contributed by atoms with van der Waals surface area (Å²) in [4.78, 5) is 4.40. The molecule has 3 aromatic rings. The van der Waals surface area contributed by atoms with Crippen molar-refractivity contribution in [2.75, 3.05) is 0 Å². The van der Waals surface area contributed by atoms with Gasteiger partial charge in [-0.15, -0.1) is 0 Å². The fourth-order valence-electron chi connectivity index (χ4n) is 2.51. The summed E-state index contributed by atoms with van der Waals surface area (Å²) >= 11 is 6.06. The van der Waals surface area contributed by atoms with E-state index < -0.39 is 10.0 Å². The van der Waals surface area contributed by atoms with Crippen LogP contribution in [0.1, 0.15) is 11.1 Å². The summed E-state index contributed by atoms with van der Waals surface area (Å²) in [6.45, 7) is 1.90. The molecule has 0 saturated heterocycles. The summed E-state index contributed by atoms with van der Waals surface area (Å²) < 4.78 is 27.8. The molecule has 0 spiro atoms. The molecule has 0 saturated carbocycles. The molecule has 2 aromatic carbocycles. The van der Waals surface area contributed by atoms with Crippen LogP contribution in [-0.4, -0.2) is 13.4 Å². The lowest BCUT2D eigenvalue weighted by atomic mass is 10.1. The van der Waals surface area contributed by atoms with Crippen molar-refractivity contribution in [3.05, 3.63) is 70.9 Å². The Morgan fingerprint density at radius 2 is 1.87 bits per heavy atom. The summed E-state index contributed by atoms with van der Waals surface area (Å²) in [6.07, 6.45) is 1.67. The van der Waals surface area contributed by atoms with Gasteiger partial charge in [-0.2, -0.15) is 0 Å². The largest absolute Gasteiger partial charge is 0.256 e. The lowest BCUT2D eigenvalue weighted by Crippen LogP contribution is -2.24. The van der Waals surface area contributed by atoms with Crippen LogP contribution in [-0.2, 0) is 16.6 Å². The van der Waals surface area contributed by atoms with Crippen LogP contribution in [0.25, 0.3) is 10.9 Å². The van der Waals surface area contributed by atoms with Gasteiger partial charge in [-0.05, 0) is 36.2 Å². The van der Waals surface area contributed by atoms with Gasteiger partial charge in [0.25, 0.3) is 0 Å². The van der Waals surface area contributed by atoms with Crippen molar-refractivity contribution in [3.8, 4) is 0 Å². The molecule has 0 aliphatic rings. The minimum absolute atomic E-state index is 0.125. The monoisotopic (exact) mass is 346 g/mol. The number of para-hydroxylation sites is 1. The van der Waals surface area contributed by atoms with Gasteiger partial charge in [-0.25, -0.2) is 13.1 Å². The number of sulfonamides is 1. The molecule has 23 heavy (non-hydrogen) atoms. The van der Waals surface area contributed by atoms with Crippen LogP contribution in [0.5, 0.6) is 0 Å². The van der Waals surface area contributed by atoms with Gasteiger partial charge in [0, 0.05) is 18.1 Å². The second-order valence-corrected chi connectivity index (χ2v) is 7.31. The number of nitrogens with zero attached hydrogens (tertiary/aromatic N) is 1. The van der Waals surface area contributed by atoms with Gasteiger partial charge in [0.05, 0.1) is 10.5 Å². The van der Waals surface area contributed by atoms with E-state index in [1.54, 1.807) is 31.3 Å². The van der Waals surface area contributed by atoms with Crippen LogP contribution < -0.4 is 4.72 Å². The average molecular weight is 347 g/mol. The first-order chi connectivity index (χ1) is 11.0. The summed E-state index contributed by atoms with van der Waals surface area (Å²) in [7, 11) is -3.69. The summed E-state index contributed by atoms with van der Waals surface area (Å²) in [5.41, 5.74) is 2.31. The number of nitrogens with one attached hydrogen (secondary N) is 1. The van der Waals surface area contributed by atoms with E-state index >= 15 is 0 Å². The highest BCUT2D eigenvalue weighted by Crippen LogP contribution is 2.25. The third-order valence-corrected chi connectivity index (χ3v) is 5.66. The zero-order valence-electron chi connectivity index (χ0n) is 12.5. The molecule has 0 amide bonds. The van der Waals surface area contributed by atoms with E-state index in [0.717, 1.165) is 16.5 Å². The van der Waals surface area contributed by atoms with Gasteiger partial charge in [0.15, 0.2) is 0 Å². The molecule has 0 atom stereocenters. The maximum absolute atomic E-state index is 12.6. The second kappa shape index (κ2) is 6.28. The highest BCUT2D eigenvalue weighted by molar-refractivity contribution is 7.89. The number of aryl methyl sites for hydroxylation is 1. The zero-order valence-corrected chi connectivity index (χ0v) is 14.0. The Bertz CT molecular complexity index is 946. The van der Waals surface area contributed by atoms with Gasteiger partial charge in [-0.3, -0.25) is 4.98 Å². The molecule has 0 aliphatic heterocycles. The smallest absolute Gasteiger partial charge is 0.242 e. The first-order valence-electron chi connectivity index (χ1n) is 7.06. The van der Waals surface area contributed by atoms with Crippen molar-refractivity contribution >= 4 is 32.5 Å². The molecular formula is C17H15ClN2O2S. The van der Waals surface area contributed by atoms with E-state index in [0.29, 0.717) is 5.56 Å². The predicted molar refractivity (Wildman–Crippen MR) is 92.0 cm³/mol. The number of benzene rings is 2. The quantitative estimate of drug-likeness (QED) is 0.784. The van der Waals surface area contributed by atoms with Gasteiger partial charge < -0.3 is 0 Å². The Kier molecular flexibility index (Phi) is 4.35. The molecule has 0 bridgehead atoms. The fourth-order valence-corrected chi connectivity index (χ4v) is 4.34. The number of fused-ring (bicyclic) bond motifs is 1. The lowest BCUT2D eigenvalue weighted by Gasteiger charge is -2.12. The van der Waals surface area contributed by atoms with Crippen molar-refractivity contribution in [2.45, 2.75) is 18.4 Å². The molecule has 0 unspecified atom stereocenters. The van der Waals surface area contributed by atoms with E-state index in [1.807, 2.05) is 30.3 Å². The van der Waals surface area contributed by atoms with E-state index in [-0.39, 0.29) is 16.5 Å². The van der Waals surface area contributed by atoms with Gasteiger partial charge in [-0.1, -0.05) is 41.9 Å². The van der Waals surface area contributed by atoms with Crippen LogP contribution >= 0.6 is 11.6 Å². The van der Waals surface area contributed by atoms with E-state index in [4.69, 9.17) is 11.6 Å². The highest BCUT2D eigenvalue weighted by Gasteiger charge is 2.20. The van der Waals surface area contributed by atoms with Crippen LogP contribution in [0.2, 0.25) is 5.02 Å². The van der Waals surface area contributed by atoms with Crippen molar-refractivity contribution < 1.29 is 8.42 Å². The number of aromatic nitrogens is 1. The Morgan fingerprint density at radius 1 is 1.09 bits per heavy atom. The van der Waals surface area contributed by atoms with Crippen molar-refractivity contribution in [2.24, 2.45) is 0 Å². The molecule has 1 aromatic heterocycles. The van der Waals surface area contributed by atoms with Gasteiger partial charge in [0.1, 0.15) is 4.90 Å². The number of halogens is 1. The van der Waals surface area contributed by atoms with Crippen LogP contribution in [0.4, 0.5) is 0 Å². The Morgan fingerprint density at radius 3 is 2.65 bits per heavy atom. The summed E-state index contributed by atoms with van der Waals surface area (Å²) in [5.74, 6) is 0. The molecule has 1 N–H and O–H groups in total. The SMILES string of the molecule is Cc1cccc(Cl)c1S(=O)(=O)NCc1ccnc2ccccc12. The first kappa shape index (κ1) is 15.9. The number of hydrogen-bond donors (Lipinski definition) is 1. The standard InChI is InChI=1S/C17H15ClN2O2S/c1-12-5-4-7-15(18)17(12)23(21,22)20-11-13-9-10-19-16-8-3-2-6-14(13)16/h2-10,20H,11H2,1H3. The molecule has 4 nitrogen and oxygen atoms in total. The number of pyridine rings is 1. The molecular weight excluding hydrogens is 332 g/mol. The van der Waals surface area contributed by atoms with Crippen LogP contribution in [0.15, 0.2) is 59.6 Å². The maximum atomic E-state index is 12.6. The minimum atomic E-state index is -3.69. The number of hydrogen-bond acceptors (Lipinski definition) is 3. The third-order valence-electron chi connectivity index (χ3n) is 3.62. The molecule has 118 valence electrons. The molecule has 3 rings (SSSR count). The third kappa shape index (κ3) is 3.22. The minimum Gasteiger partial charge on any atom is -0.256 e. The van der Waals surface area contributed by atoms with E-state index in [2.05, 4.69) is 9.71 Å². The zero-order chi connectivity index (χ0) is 16.4. The summed E-state index contributed by atoms with van der Waals surface area (Å²) in [5, 5.41) is 1.14. The van der Waals surface area contributed by atoms with Crippen molar-refractivity contribution in [1.29, 1.82) is 0 Å². The van der Waals surface area contributed by atoms with E-state index in [1.165, 1.54) is 0 Å². The lowest BCUT2D eigenvalue weighted by molar-refractivity contribution is 0.581. The molecule has 1 heterocycles. The Balaban J connectivity index is 1.93.